The molecule has 0 saturated carbocycles. The van der Waals surface area contributed by atoms with Gasteiger partial charge in [-0.15, -0.1) is 0 Å². The van der Waals surface area contributed by atoms with Crippen LogP contribution in [0.4, 0.5) is 5.69 Å². The molecule has 0 radical (unpaired) electrons. The molecule has 4 aromatic rings. The number of rotatable bonds is 6. The van der Waals surface area contributed by atoms with Gasteiger partial charge in [-0.05, 0) is 54.5 Å². The predicted octanol–water partition coefficient (Wildman–Crippen LogP) is 5.33. The summed E-state index contributed by atoms with van der Waals surface area (Å²) in [7, 11) is 1.36. The molecule has 34 heavy (non-hydrogen) atoms. The van der Waals surface area contributed by atoms with E-state index in [-0.39, 0.29) is 11.5 Å². The highest BCUT2D eigenvalue weighted by molar-refractivity contribution is 6.10. The Morgan fingerprint density at radius 2 is 1.85 bits per heavy atom. The van der Waals surface area contributed by atoms with Crippen LogP contribution in [-0.2, 0) is 16.1 Å². The number of esters is 1. The number of fused-ring (bicyclic) bond motifs is 1. The van der Waals surface area contributed by atoms with E-state index in [1.807, 2.05) is 78.4 Å². The molecule has 4 rings (SSSR count). The Morgan fingerprint density at radius 1 is 1.06 bits per heavy atom. The number of benzene rings is 3. The monoisotopic (exact) mass is 449 g/mol. The van der Waals surface area contributed by atoms with Crippen LogP contribution in [-0.4, -0.2) is 23.6 Å². The van der Waals surface area contributed by atoms with E-state index in [0.29, 0.717) is 17.8 Å². The highest BCUT2D eigenvalue weighted by atomic mass is 16.5. The summed E-state index contributed by atoms with van der Waals surface area (Å²) in [5.41, 5.74) is 4.79. The summed E-state index contributed by atoms with van der Waals surface area (Å²) in [5.74, 6) is -0.850. The minimum absolute atomic E-state index is 0.0112. The van der Waals surface area contributed by atoms with E-state index >= 15 is 0 Å². The van der Waals surface area contributed by atoms with Crippen LogP contribution < -0.4 is 5.32 Å². The number of nitrogens with zero attached hydrogens (tertiary/aromatic N) is 2. The first-order valence-electron chi connectivity index (χ1n) is 10.7. The number of hydrogen-bond acceptors (Lipinski definition) is 4. The van der Waals surface area contributed by atoms with Crippen molar-refractivity contribution < 1.29 is 14.3 Å². The lowest BCUT2D eigenvalue weighted by molar-refractivity contribution is -0.112. The summed E-state index contributed by atoms with van der Waals surface area (Å²) in [6.45, 7) is 2.45. The largest absolute Gasteiger partial charge is 0.465 e. The summed E-state index contributed by atoms with van der Waals surface area (Å²) in [5, 5.41) is 13.4. The minimum Gasteiger partial charge on any atom is -0.465 e. The fraction of sp³-hybridized carbons (Fsp3) is 0.107. The first-order valence-corrected chi connectivity index (χ1v) is 10.7. The zero-order valence-corrected chi connectivity index (χ0v) is 18.9. The van der Waals surface area contributed by atoms with Crippen LogP contribution in [0.25, 0.3) is 17.0 Å². The van der Waals surface area contributed by atoms with Crippen LogP contribution >= 0.6 is 0 Å². The lowest BCUT2D eigenvalue weighted by atomic mass is 10.1. The number of para-hydroxylation sites is 1. The van der Waals surface area contributed by atoms with Gasteiger partial charge >= 0.3 is 5.97 Å². The van der Waals surface area contributed by atoms with Gasteiger partial charge in [0.05, 0.1) is 12.7 Å². The molecule has 0 aliphatic carbocycles. The third kappa shape index (κ3) is 4.89. The average Bonchev–Trinajstić information content (AvgIpc) is 3.19. The maximum atomic E-state index is 12.8. The Labute approximate surface area is 197 Å². The van der Waals surface area contributed by atoms with Gasteiger partial charge in [-0.25, -0.2) is 4.79 Å². The van der Waals surface area contributed by atoms with Crippen LogP contribution in [0.1, 0.15) is 27.0 Å². The van der Waals surface area contributed by atoms with Crippen LogP contribution in [0.3, 0.4) is 0 Å². The van der Waals surface area contributed by atoms with Crippen LogP contribution in [0, 0.1) is 18.3 Å². The van der Waals surface area contributed by atoms with E-state index in [9.17, 15) is 14.9 Å². The molecule has 6 nitrogen and oxygen atoms in total. The fourth-order valence-electron chi connectivity index (χ4n) is 3.86. The average molecular weight is 450 g/mol. The molecule has 168 valence electrons. The highest BCUT2D eigenvalue weighted by Gasteiger charge is 2.14. The summed E-state index contributed by atoms with van der Waals surface area (Å²) >= 11 is 0. The van der Waals surface area contributed by atoms with E-state index in [1.165, 1.54) is 7.11 Å². The fourth-order valence-corrected chi connectivity index (χ4v) is 3.86. The highest BCUT2D eigenvalue weighted by Crippen LogP contribution is 2.25. The van der Waals surface area contributed by atoms with E-state index < -0.39 is 5.91 Å². The Hall–Kier alpha value is -4.63. The minimum atomic E-state index is -0.462. The van der Waals surface area contributed by atoms with Crippen molar-refractivity contribution in [2.75, 3.05) is 12.4 Å². The Bertz CT molecular complexity index is 1460. The van der Waals surface area contributed by atoms with E-state index in [0.717, 1.165) is 27.6 Å². The van der Waals surface area contributed by atoms with Crippen molar-refractivity contribution >= 4 is 34.5 Å². The predicted molar refractivity (Wildman–Crippen MR) is 132 cm³/mol. The quantitative estimate of drug-likeness (QED) is 0.245. The number of methoxy groups -OCH3 is 1. The van der Waals surface area contributed by atoms with Gasteiger partial charge in [0, 0.05) is 34.9 Å². The van der Waals surface area contributed by atoms with E-state index in [1.54, 1.807) is 24.3 Å². The molecular weight excluding hydrogens is 426 g/mol. The topological polar surface area (TPSA) is 84.1 Å². The van der Waals surface area contributed by atoms with Crippen molar-refractivity contribution in [3.8, 4) is 6.07 Å². The second-order valence-electron chi connectivity index (χ2n) is 7.91. The van der Waals surface area contributed by atoms with Crippen molar-refractivity contribution in [1.29, 1.82) is 5.26 Å². The smallest absolute Gasteiger partial charge is 0.337 e. The summed E-state index contributed by atoms with van der Waals surface area (Å²) in [6, 6.07) is 24.5. The SMILES string of the molecule is COC(=O)c1cccc(Cn2cc(/C=C(/C#N)C(=O)Nc3cccc(C)c3)c3ccccc32)c1. The van der Waals surface area contributed by atoms with Crippen molar-refractivity contribution in [1.82, 2.24) is 4.57 Å². The molecule has 1 amide bonds. The molecule has 0 saturated heterocycles. The van der Waals surface area contributed by atoms with E-state index in [4.69, 9.17) is 4.74 Å². The number of amides is 1. The third-order valence-electron chi connectivity index (χ3n) is 5.46. The number of carbonyl (C=O) groups is 2. The molecule has 1 aromatic heterocycles. The van der Waals surface area contributed by atoms with Gasteiger partial charge in [0.2, 0.25) is 0 Å². The molecule has 0 unspecified atom stereocenters. The normalized spacial score (nSPS) is 11.1. The number of nitriles is 1. The molecule has 0 bridgehead atoms. The number of carbonyl (C=O) groups excluding carboxylic acids is 2. The molecule has 1 N–H and O–H groups in total. The van der Waals surface area contributed by atoms with Crippen LogP contribution in [0.2, 0.25) is 0 Å². The van der Waals surface area contributed by atoms with Crippen molar-refractivity contribution in [2.24, 2.45) is 0 Å². The number of hydrogen-bond donors (Lipinski definition) is 1. The first-order chi connectivity index (χ1) is 16.5. The van der Waals surface area contributed by atoms with Gasteiger partial charge in [0.15, 0.2) is 0 Å². The first kappa shape index (κ1) is 22.6. The standard InChI is InChI=1S/C28H23N3O3/c1-19-7-5-10-24(13-19)30-27(32)22(16-29)15-23-18-31(26-12-4-3-11-25(23)26)17-20-8-6-9-21(14-20)28(33)34-2/h3-15,18H,17H2,1-2H3,(H,30,32)/b22-15-. The van der Waals surface area contributed by atoms with Crippen molar-refractivity contribution in [3.63, 3.8) is 0 Å². The lowest BCUT2D eigenvalue weighted by Gasteiger charge is -2.07. The van der Waals surface area contributed by atoms with Gasteiger partial charge in [-0.3, -0.25) is 4.79 Å². The molecular formula is C28H23N3O3. The summed E-state index contributed by atoms with van der Waals surface area (Å²) in [4.78, 5) is 24.7. The Balaban J connectivity index is 1.67. The molecule has 0 fully saturated rings. The zero-order chi connectivity index (χ0) is 24.1. The van der Waals surface area contributed by atoms with Gasteiger partial charge in [0.25, 0.3) is 5.91 Å². The van der Waals surface area contributed by atoms with Gasteiger partial charge in [-0.1, -0.05) is 42.5 Å². The van der Waals surface area contributed by atoms with Crippen molar-refractivity contribution in [3.05, 3.63) is 107 Å². The molecule has 6 heteroatoms. The van der Waals surface area contributed by atoms with Crippen molar-refractivity contribution in [2.45, 2.75) is 13.5 Å². The zero-order valence-electron chi connectivity index (χ0n) is 18.9. The Morgan fingerprint density at radius 3 is 2.62 bits per heavy atom. The molecule has 0 atom stereocenters. The van der Waals surface area contributed by atoms with Gasteiger partial charge in [-0.2, -0.15) is 5.26 Å². The maximum absolute atomic E-state index is 12.8. The second kappa shape index (κ2) is 9.88. The van der Waals surface area contributed by atoms with Gasteiger partial charge < -0.3 is 14.6 Å². The second-order valence-corrected chi connectivity index (χ2v) is 7.91. The molecule has 0 aliphatic rings. The van der Waals surface area contributed by atoms with Crippen LogP contribution in [0.5, 0.6) is 0 Å². The number of aromatic nitrogens is 1. The number of aryl methyl sites for hydroxylation is 1. The molecule has 3 aromatic carbocycles. The summed E-state index contributed by atoms with van der Waals surface area (Å²) < 4.78 is 6.85. The maximum Gasteiger partial charge on any atom is 0.337 e. The number of ether oxygens (including phenoxy) is 1. The molecule has 1 heterocycles. The number of anilines is 1. The molecule has 0 spiro atoms. The lowest BCUT2D eigenvalue weighted by Crippen LogP contribution is -2.13. The van der Waals surface area contributed by atoms with Crippen LogP contribution in [0.15, 0.2) is 84.6 Å². The number of nitrogens with one attached hydrogen (secondary N) is 1. The van der Waals surface area contributed by atoms with Gasteiger partial charge in [0.1, 0.15) is 11.6 Å². The molecule has 0 aliphatic heterocycles. The van der Waals surface area contributed by atoms with E-state index in [2.05, 4.69) is 5.32 Å². The summed E-state index contributed by atoms with van der Waals surface area (Å²) in [6.07, 6.45) is 3.52. The Kier molecular flexibility index (Phi) is 6.56. The third-order valence-corrected chi connectivity index (χ3v) is 5.46.